The summed E-state index contributed by atoms with van der Waals surface area (Å²) in [6.07, 6.45) is -3.83. The molecule has 0 saturated carbocycles. The number of rotatable bonds is 6. The molecule has 106 valence electrons. The van der Waals surface area contributed by atoms with E-state index < -0.39 is 30.3 Å². The second kappa shape index (κ2) is 5.88. The van der Waals surface area contributed by atoms with Crippen LogP contribution in [0.1, 0.15) is 26.2 Å². The van der Waals surface area contributed by atoms with E-state index in [4.69, 9.17) is 4.74 Å². The van der Waals surface area contributed by atoms with Gasteiger partial charge in [0.1, 0.15) is 6.61 Å². The van der Waals surface area contributed by atoms with Crippen molar-refractivity contribution in [3.63, 3.8) is 0 Å². The van der Waals surface area contributed by atoms with Crippen LogP contribution >= 0.6 is 0 Å². The van der Waals surface area contributed by atoms with Gasteiger partial charge in [0, 0.05) is 13.2 Å². The van der Waals surface area contributed by atoms with E-state index in [1.807, 2.05) is 0 Å². The molecule has 0 radical (unpaired) electrons. The van der Waals surface area contributed by atoms with Crippen LogP contribution in [0.3, 0.4) is 0 Å². The van der Waals surface area contributed by atoms with E-state index in [0.717, 1.165) is 0 Å². The van der Waals surface area contributed by atoms with Gasteiger partial charge >= 0.3 is 12.1 Å². The minimum Gasteiger partial charge on any atom is -0.481 e. The lowest BCUT2D eigenvalue weighted by molar-refractivity contribution is -0.175. The van der Waals surface area contributed by atoms with Gasteiger partial charge in [-0.2, -0.15) is 13.2 Å². The molecule has 1 aliphatic rings. The minimum absolute atomic E-state index is 0.0960. The van der Waals surface area contributed by atoms with E-state index in [2.05, 4.69) is 4.74 Å². The van der Waals surface area contributed by atoms with Crippen LogP contribution < -0.4 is 0 Å². The van der Waals surface area contributed by atoms with E-state index in [1.54, 1.807) is 6.92 Å². The highest BCUT2D eigenvalue weighted by atomic mass is 19.4. The van der Waals surface area contributed by atoms with Crippen LogP contribution in [0.4, 0.5) is 13.2 Å². The molecule has 1 rings (SSSR count). The van der Waals surface area contributed by atoms with Gasteiger partial charge in [-0.3, -0.25) is 4.79 Å². The zero-order chi connectivity index (χ0) is 13.8. The van der Waals surface area contributed by atoms with E-state index in [0.29, 0.717) is 13.0 Å². The molecular weight excluding hydrogens is 253 g/mol. The monoisotopic (exact) mass is 270 g/mol. The SMILES string of the molecule is CC1OCCC1(CCCOCC(F)(F)F)C(=O)O. The minimum atomic E-state index is -4.34. The second-order valence-electron chi connectivity index (χ2n) is 4.50. The topological polar surface area (TPSA) is 55.8 Å². The van der Waals surface area contributed by atoms with Gasteiger partial charge in [0.15, 0.2) is 0 Å². The molecule has 1 aliphatic heterocycles. The van der Waals surface area contributed by atoms with Crippen LogP contribution in [0.2, 0.25) is 0 Å². The van der Waals surface area contributed by atoms with Gasteiger partial charge < -0.3 is 14.6 Å². The molecule has 2 unspecified atom stereocenters. The summed E-state index contributed by atoms with van der Waals surface area (Å²) in [5.41, 5.74) is -0.985. The fourth-order valence-electron chi connectivity index (χ4n) is 2.17. The Kier molecular flexibility index (Phi) is 4.98. The maximum Gasteiger partial charge on any atom is 0.411 e. The molecular formula is C11H17F3O4. The van der Waals surface area contributed by atoms with Crippen molar-refractivity contribution in [2.75, 3.05) is 19.8 Å². The summed E-state index contributed by atoms with van der Waals surface area (Å²) in [6, 6.07) is 0. The van der Waals surface area contributed by atoms with Gasteiger partial charge in [0.2, 0.25) is 0 Å². The number of carboxylic acids is 1. The molecule has 0 aromatic heterocycles. The number of hydrogen-bond donors (Lipinski definition) is 1. The molecule has 0 bridgehead atoms. The first-order valence-electron chi connectivity index (χ1n) is 5.77. The van der Waals surface area contributed by atoms with Crippen LogP contribution in [0.15, 0.2) is 0 Å². The first kappa shape index (κ1) is 15.2. The molecule has 0 aromatic rings. The fraction of sp³-hybridized carbons (Fsp3) is 0.909. The lowest BCUT2D eigenvalue weighted by Crippen LogP contribution is -2.37. The highest BCUT2D eigenvalue weighted by molar-refractivity contribution is 5.75. The van der Waals surface area contributed by atoms with Crippen molar-refractivity contribution in [2.45, 2.75) is 38.5 Å². The number of hydrogen-bond acceptors (Lipinski definition) is 3. The Morgan fingerprint density at radius 2 is 2.22 bits per heavy atom. The van der Waals surface area contributed by atoms with Crippen molar-refractivity contribution < 1.29 is 32.5 Å². The molecule has 0 spiro atoms. The Balaban J connectivity index is 2.34. The Morgan fingerprint density at radius 1 is 1.56 bits per heavy atom. The number of carboxylic acid groups (broad SMARTS) is 1. The van der Waals surface area contributed by atoms with Crippen molar-refractivity contribution >= 4 is 5.97 Å². The summed E-state index contributed by atoms with van der Waals surface area (Å²) >= 11 is 0. The summed E-state index contributed by atoms with van der Waals surface area (Å²) in [6.45, 7) is 0.662. The maximum atomic E-state index is 11.8. The predicted molar refractivity (Wildman–Crippen MR) is 56.2 cm³/mol. The molecule has 1 N–H and O–H groups in total. The lowest BCUT2D eigenvalue weighted by Gasteiger charge is -2.27. The summed E-state index contributed by atoms with van der Waals surface area (Å²) in [5, 5.41) is 9.22. The normalized spacial score (nSPS) is 28.6. The molecule has 1 fully saturated rings. The highest BCUT2D eigenvalue weighted by Crippen LogP contribution is 2.39. The Labute approximate surface area is 103 Å². The third-order valence-corrected chi connectivity index (χ3v) is 3.30. The lowest BCUT2D eigenvalue weighted by atomic mass is 9.78. The molecule has 18 heavy (non-hydrogen) atoms. The van der Waals surface area contributed by atoms with E-state index in [9.17, 15) is 23.1 Å². The molecule has 0 amide bonds. The van der Waals surface area contributed by atoms with E-state index in [1.165, 1.54) is 0 Å². The van der Waals surface area contributed by atoms with Crippen LogP contribution in [-0.2, 0) is 14.3 Å². The van der Waals surface area contributed by atoms with E-state index >= 15 is 0 Å². The Morgan fingerprint density at radius 3 is 2.67 bits per heavy atom. The average Bonchev–Trinajstić information content (AvgIpc) is 2.59. The summed E-state index contributed by atoms with van der Waals surface area (Å²) in [4.78, 5) is 11.3. The zero-order valence-electron chi connectivity index (χ0n) is 10.1. The second-order valence-corrected chi connectivity index (χ2v) is 4.50. The van der Waals surface area contributed by atoms with Crippen molar-refractivity contribution in [1.82, 2.24) is 0 Å². The van der Waals surface area contributed by atoms with E-state index in [-0.39, 0.29) is 19.4 Å². The van der Waals surface area contributed by atoms with Gasteiger partial charge in [-0.1, -0.05) is 0 Å². The van der Waals surface area contributed by atoms with Crippen LogP contribution in [0, 0.1) is 5.41 Å². The molecule has 1 heterocycles. The first-order chi connectivity index (χ1) is 8.28. The summed E-state index contributed by atoms with van der Waals surface area (Å²) in [7, 11) is 0. The van der Waals surface area contributed by atoms with Gasteiger partial charge in [-0.05, 0) is 26.2 Å². The number of carbonyl (C=O) groups is 1. The maximum absolute atomic E-state index is 11.8. The average molecular weight is 270 g/mol. The van der Waals surface area contributed by atoms with Gasteiger partial charge in [0.25, 0.3) is 0 Å². The van der Waals surface area contributed by atoms with Crippen LogP contribution in [0.25, 0.3) is 0 Å². The number of aliphatic carboxylic acids is 1. The summed E-state index contributed by atoms with van der Waals surface area (Å²) in [5.74, 6) is -0.955. The largest absolute Gasteiger partial charge is 0.481 e. The number of alkyl halides is 3. The van der Waals surface area contributed by atoms with Crippen molar-refractivity contribution in [3.05, 3.63) is 0 Å². The summed E-state index contributed by atoms with van der Waals surface area (Å²) < 4.78 is 45.1. The molecule has 1 saturated heterocycles. The van der Waals surface area contributed by atoms with Gasteiger partial charge in [0.05, 0.1) is 11.5 Å². The molecule has 2 atom stereocenters. The van der Waals surface area contributed by atoms with Crippen molar-refractivity contribution in [1.29, 1.82) is 0 Å². The van der Waals surface area contributed by atoms with Gasteiger partial charge in [-0.15, -0.1) is 0 Å². The Hall–Kier alpha value is -0.820. The first-order valence-corrected chi connectivity index (χ1v) is 5.77. The highest BCUT2D eigenvalue weighted by Gasteiger charge is 2.47. The zero-order valence-corrected chi connectivity index (χ0v) is 10.1. The standard InChI is InChI=1S/C11H17F3O4/c1-8-10(9(15)16,4-6-18-8)3-2-5-17-7-11(12,13)14/h8H,2-7H2,1H3,(H,15,16). The predicted octanol–water partition coefficient (Wildman–Crippen LogP) is 2.23. The van der Waals surface area contributed by atoms with Crippen LogP contribution in [0.5, 0.6) is 0 Å². The molecule has 0 aliphatic carbocycles. The third kappa shape index (κ3) is 3.84. The number of halogens is 3. The molecule has 7 heteroatoms. The quantitative estimate of drug-likeness (QED) is 0.752. The number of ether oxygens (including phenoxy) is 2. The van der Waals surface area contributed by atoms with Gasteiger partial charge in [-0.25, -0.2) is 0 Å². The molecule has 4 nitrogen and oxygen atoms in total. The smallest absolute Gasteiger partial charge is 0.411 e. The molecule has 0 aromatic carbocycles. The van der Waals surface area contributed by atoms with Crippen molar-refractivity contribution in [2.24, 2.45) is 5.41 Å². The fourth-order valence-corrected chi connectivity index (χ4v) is 2.17. The van der Waals surface area contributed by atoms with Crippen molar-refractivity contribution in [3.8, 4) is 0 Å². The Bertz CT molecular complexity index is 293. The third-order valence-electron chi connectivity index (χ3n) is 3.30. The van der Waals surface area contributed by atoms with Crippen LogP contribution in [-0.4, -0.2) is 43.2 Å².